The van der Waals surface area contributed by atoms with E-state index in [0.717, 1.165) is 11.1 Å². The van der Waals surface area contributed by atoms with Crippen LogP contribution in [-0.2, 0) is 16.1 Å². The highest BCUT2D eigenvalue weighted by Gasteiger charge is 2.16. The number of pyridine rings is 1. The van der Waals surface area contributed by atoms with Gasteiger partial charge in [0.15, 0.2) is 5.75 Å². The summed E-state index contributed by atoms with van der Waals surface area (Å²) < 4.78 is 11.9. The highest BCUT2D eigenvalue weighted by Crippen LogP contribution is 2.38. The maximum atomic E-state index is 12.3. The van der Waals surface area contributed by atoms with E-state index in [4.69, 9.17) is 33.2 Å². The highest BCUT2D eigenvalue weighted by atomic mass is 35.5. The molecule has 0 aliphatic carbocycles. The summed E-state index contributed by atoms with van der Waals surface area (Å²) in [7, 11) is 0. The Balaban J connectivity index is 1.75. The van der Waals surface area contributed by atoms with Crippen molar-refractivity contribution in [2.24, 2.45) is 5.10 Å². The zero-order valence-corrected chi connectivity index (χ0v) is 21.3. The minimum atomic E-state index is -1.05. The molecule has 1 aromatic heterocycles. The van der Waals surface area contributed by atoms with Gasteiger partial charge in [0.25, 0.3) is 11.5 Å². The summed E-state index contributed by atoms with van der Waals surface area (Å²) in [5, 5.41) is 14.9. The molecule has 0 aliphatic heterocycles. The number of carbonyl (C=O) groups is 2. The molecule has 10 nitrogen and oxygen atoms in total. The monoisotopic (exact) mass is 541 g/mol. The van der Waals surface area contributed by atoms with Gasteiger partial charge in [0.05, 0.1) is 35.1 Å². The molecule has 2 amide bonds. The van der Waals surface area contributed by atoms with E-state index >= 15 is 0 Å². The van der Waals surface area contributed by atoms with Crippen LogP contribution in [0.5, 0.6) is 11.5 Å². The summed E-state index contributed by atoms with van der Waals surface area (Å²) in [6, 6.07) is 15.1. The Morgan fingerprint density at radius 3 is 2.41 bits per heavy atom. The first-order valence-electron chi connectivity index (χ1n) is 10.8. The van der Waals surface area contributed by atoms with Crippen LogP contribution in [0.3, 0.4) is 0 Å². The van der Waals surface area contributed by atoms with Crippen molar-refractivity contribution in [2.45, 2.75) is 20.4 Å². The fourth-order valence-corrected chi connectivity index (χ4v) is 3.55. The van der Waals surface area contributed by atoms with Crippen LogP contribution >= 0.6 is 23.2 Å². The second kappa shape index (κ2) is 12.6. The lowest BCUT2D eigenvalue weighted by Crippen LogP contribution is -2.36. The number of amides is 2. The molecule has 0 bridgehead atoms. The number of aromatic nitrogens is 1. The van der Waals surface area contributed by atoms with E-state index in [9.17, 15) is 14.4 Å². The van der Waals surface area contributed by atoms with Crippen LogP contribution in [0.4, 0.5) is 10.5 Å². The number of nitrogens with zero attached hydrogens (tertiary/aromatic N) is 3. The van der Waals surface area contributed by atoms with E-state index in [2.05, 4.69) is 15.3 Å². The Hall–Kier alpha value is -4.33. The molecule has 190 valence electrons. The van der Waals surface area contributed by atoms with E-state index in [0.29, 0.717) is 12.3 Å². The molecule has 0 atom stereocenters. The normalized spacial score (nSPS) is 10.8. The Morgan fingerprint density at radius 1 is 1.11 bits per heavy atom. The van der Waals surface area contributed by atoms with E-state index in [1.54, 1.807) is 19.2 Å². The first kappa shape index (κ1) is 27.3. The van der Waals surface area contributed by atoms with E-state index in [1.807, 2.05) is 36.5 Å². The lowest BCUT2D eigenvalue weighted by atomic mass is 10.1. The largest absolute Gasteiger partial charge is 0.453 e. The number of nitrogens with one attached hydrogen (secondary N) is 2. The van der Waals surface area contributed by atoms with Crippen LogP contribution in [0.1, 0.15) is 18.1 Å². The molecule has 0 radical (unpaired) electrons. The van der Waals surface area contributed by atoms with Gasteiger partial charge in [0, 0.05) is 6.07 Å². The topological polar surface area (TPSA) is 135 Å². The smallest absolute Gasteiger partial charge is 0.414 e. The van der Waals surface area contributed by atoms with Crippen LogP contribution < -0.4 is 21.0 Å². The third-order valence-corrected chi connectivity index (χ3v) is 5.32. The molecular formula is C25H21Cl2N5O5. The summed E-state index contributed by atoms with van der Waals surface area (Å²) in [5.74, 6) is -0.595. The van der Waals surface area contributed by atoms with Crippen molar-refractivity contribution in [1.29, 1.82) is 5.26 Å². The van der Waals surface area contributed by atoms with E-state index in [1.165, 1.54) is 28.8 Å². The van der Waals surface area contributed by atoms with E-state index < -0.39 is 17.7 Å². The van der Waals surface area contributed by atoms with Crippen LogP contribution in [0.2, 0.25) is 10.0 Å². The number of anilines is 1. The van der Waals surface area contributed by atoms with Crippen molar-refractivity contribution in [3.05, 3.63) is 86.3 Å². The van der Waals surface area contributed by atoms with Gasteiger partial charge in [-0.1, -0.05) is 53.0 Å². The first-order valence-corrected chi connectivity index (χ1v) is 11.6. The Morgan fingerprint density at radius 2 is 1.78 bits per heavy atom. The molecular weight excluding hydrogens is 521 g/mol. The van der Waals surface area contributed by atoms with Gasteiger partial charge >= 0.3 is 6.09 Å². The molecule has 0 saturated heterocycles. The van der Waals surface area contributed by atoms with Gasteiger partial charge in [-0.25, -0.2) is 4.79 Å². The lowest BCUT2D eigenvalue weighted by Gasteiger charge is -2.13. The molecule has 3 aromatic rings. The van der Waals surface area contributed by atoms with Crippen LogP contribution in [0.15, 0.2) is 64.6 Å². The predicted molar refractivity (Wildman–Crippen MR) is 139 cm³/mol. The number of benzene rings is 2. The van der Waals surface area contributed by atoms with Gasteiger partial charge in [-0.05, 0) is 37.6 Å². The molecule has 3 rings (SSSR count). The number of hydrogen-bond acceptors (Lipinski definition) is 8. The Labute approximate surface area is 222 Å². The van der Waals surface area contributed by atoms with Crippen molar-refractivity contribution in [1.82, 2.24) is 9.88 Å². The summed E-state index contributed by atoms with van der Waals surface area (Å²) in [5.41, 5.74) is 3.95. The molecule has 2 N–H and O–H groups in total. The molecule has 0 spiro atoms. The van der Waals surface area contributed by atoms with Crippen LogP contribution in [-0.4, -0.2) is 28.9 Å². The molecule has 0 unspecified atom stereocenters. The zero-order valence-electron chi connectivity index (χ0n) is 19.7. The summed E-state index contributed by atoms with van der Waals surface area (Å²) in [6.07, 6.45) is 0.542. The van der Waals surface area contributed by atoms with Crippen molar-refractivity contribution < 1.29 is 19.1 Å². The van der Waals surface area contributed by atoms with Gasteiger partial charge < -0.3 is 14.0 Å². The average molecular weight is 542 g/mol. The molecule has 0 fully saturated rings. The number of hydrazone groups is 1. The second-order valence-electron chi connectivity index (χ2n) is 7.55. The number of imide groups is 1. The summed E-state index contributed by atoms with van der Waals surface area (Å²) in [6.45, 7) is 3.95. The SMILES string of the molecule is CCOC(=O)NC(=O)C(C#N)=NNc1cc(Cl)c(Oc2ccc(=O)n(Cc3ccc(C)cc3)c2)c(Cl)c1. The fraction of sp³-hybridized carbons (Fsp3) is 0.160. The minimum absolute atomic E-state index is 0.0512. The third kappa shape index (κ3) is 7.57. The van der Waals surface area contributed by atoms with E-state index in [-0.39, 0.29) is 33.6 Å². The quantitative estimate of drug-likeness (QED) is 0.306. The first-order chi connectivity index (χ1) is 17.7. The van der Waals surface area contributed by atoms with Crippen LogP contribution in [0, 0.1) is 18.3 Å². The van der Waals surface area contributed by atoms with Gasteiger partial charge in [-0.15, -0.1) is 0 Å². The molecule has 1 heterocycles. The molecule has 2 aromatic carbocycles. The van der Waals surface area contributed by atoms with Crippen LogP contribution in [0.25, 0.3) is 0 Å². The standard InChI is InChI=1S/C25H21Cl2N5O5/c1-3-36-25(35)29-24(34)21(12-28)31-30-17-10-19(26)23(20(27)11-17)37-18-8-9-22(33)32(14-18)13-16-6-4-15(2)5-7-16/h4-11,14,30H,3,13H2,1-2H3,(H,29,34,35). The molecule has 12 heteroatoms. The third-order valence-electron chi connectivity index (χ3n) is 4.76. The van der Waals surface area contributed by atoms with Gasteiger partial charge in [0.1, 0.15) is 11.8 Å². The lowest BCUT2D eigenvalue weighted by molar-refractivity contribution is -0.114. The average Bonchev–Trinajstić information content (AvgIpc) is 2.85. The van der Waals surface area contributed by atoms with Gasteiger partial charge in [-0.2, -0.15) is 10.4 Å². The van der Waals surface area contributed by atoms with Gasteiger partial charge in [-0.3, -0.25) is 20.3 Å². The Bertz CT molecular complexity index is 1420. The number of ether oxygens (including phenoxy) is 2. The summed E-state index contributed by atoms with van der Waals surface area (Å²) in [4.78, 5) is 35.6. The number of carbonyl (C=O) groups excluding carboxylic acids is 2. The number of aryl methyl sites for hydroxylation is 1. The summed E-state index contributed by atoms with van der Waals surface area (Å²) >= 11 is 12.7. The van der Waals surface area contributed by atoms with Crippen molar-refractivity contribution in [2.75, 3.05) is 12.0 Å². The number of hydrogen-bond donors (Lipinski definition) is 2. The number of halogens is 2. The number of nitriles is 1. The van der Waals surface area contributed by atoms with Crippen molar-refractivity contribution in [3.63, 3.8) is 0 Å². The maximum absolute atomic E-state index is 12.3. The Kier molecular flexibility index (Phi) is 9.27. The fourth-order valence-electron chi connectivity index (χ4n) is 2.99. The minimum Gasteiger partial charge on any atom is -0.453 e. The zero-order chi connectivity index (χ0) is 26.9. The molecule has 0 aliphatic rings. The molecule has 0 saturated carbocycles. The molecule has 37 heavy (non-hydrogen) atoms. The van der Waals surface area contributed by atoms with Crippen molar-refractivity contribution >= 4 is 46.6 Å². The number of rotatable bonds is 8. The maximum Gasteiger partial charge on any atom is 0.414 e. The second-order valence-corrected chi connectivity index (χ2v) is 8.36. The van der Waals surface area contributed by atoms with Gasteiger partial charge in [0.2, 0.25) is 5.71 Å². The number of alkyl carbamates (subject to hydrolysis) is 1. The predicted octanol–water partition coefficient (Wildman–Crippen LogP) is 4.87. The van der Waals surface area contributed by atoms with Crippen molar-refractivity contribution in [3.8, 4) is 17.6 Å². The highest BCUT2D eigenvalue weighted by molar-refractivity contribution is 6.47.